The largest absolute Gasteiger partial charge is 0.477 e. The molecule has 5 heterocycles. The molecule has 3 aromatic heterocycles. The SMILES string of the molecule is CC(CO)(CCl)COc1cc2c(cn1)CN(c1nc(C(=O)Nc3cnccc3N3CCNCC3)cs1)C2=O. The molecule has 5 rings (SSSR count). The molecule has 0 spiro atoms. The predicted octanol–water partition coefficient (Wildman–Crippen LogP) is 2.37. The minimum atomic E-state index is -0.613. The monoisotopic (exact) mass is 557 g/mol. The average molecular weight is 558 g/mol. The first-order chi connectivity index (χ1) is 18.4. The van der Waals surface area contributed by atoms with Gasteiger partial charge in [-0.1, -0.05) is 6.92 Å². The fraction of sp³-hybridized carbons (Fsp3) is 0.400. The maximum atomic E-state index is 13.2. The maximum Gasteiger partial charge on any atom is 0.275 e. The fourth-order valence-corrected chi connectivity index (χ4v) is 5.09. The molecule has 0 saturated carbocycles. The van der Waals surface area contributed by atoms with E-state index in [0.29, 0.717) is 22.9 Å². The first-order valence-electron chi connectivity index (χ1n) is 12.2. The third-order valence-corrected chi connectivity index (χ3v) is 8.01. The molecule has 2 aliphatic rings. The van der Waals surface area contributed by atoms with E-state index in [4.69, 9.17) is 16.3 Å². The van der Waals surface area contributed by atoms with Crippen LogP contribution in [0, 0.1) is 5.41 Å². The van der Waals surface area contributed by atoms with E-state index in [1.165, 1.54) is 16.2 Å². The first-order valence-corrected chi connectivity index (χ1v) is 13.6. The molecule has 38 heavy (non-hydrogen) atoms. The summed E-state index contributed by atoms with van der Waals surface area (Å²) in [5.41, 5.74) is 2.33. The number of carbonyl (C=O) groups is 2. The van der Waals surface area contributed by atoms with E-state index < -0.39 is 5.41 Å². The molecule has 2 amide bonds. The number of ether oxygens (including phenoxy) is 1. The molecule has 3 aromatic rings. The van der Waals surface area contributed by atoms with Crippen LogP contribution in [0.2, 0.25) is 0 Å². The van der Waals surface area contributed by atoms with Crippen molar-refractivity contribution >= 4 is 51.3 Å². The van der Waals surface area contributed by atoms with E-state index in [0.717, 1.165) is 37.4 Å². The van der Waals surface area contributed by atoms with Crippen LogP contribution in [0.15, 0.2) is 36.1 Å². The van der Waals surface area contributed by atoms with Gasteiger partial charge in [0.15, 0.2) is 5.13 Å². The molecular formula is C25H28ClN7O4S. The lowest BCUT2D eigenvalue weighted by atomic mass is 9.96. The lowest BCUT2D eigenvalue weighted by molar-refractivity contribution is 0.0967. The lowest BCUT2D eigenvalue weighted by Crippen LogP contribution is -2.43. The number of carbonyl (C=O) groups excluding carboxylic acids is 2. The molecule has 0 aromatic carbocycles. The second kappa shape index (κ2) is 11.2. The molecule has 1 atom stereocenters. The summed E-state index contributed by atoms with van der Waals surface area (Å²) in [4.78, 5) is 42.9. The van der Waals surface area contributed by atoms with Crippen LogP contribution in [0.1, 0.15) is 33.3 Å². The van der Waals surface area contributed by atoms with Crippen LogP contribution >= 0.6 is 22.9 Å². The minimum Gasteiger partial charge on any atom is -0.477 e. The van der Waals surface area contributed by atoms with Crippen LogP contribution in [0.25, 0.3) is 0 Å². The number of hydrogen-bond acceptors (Lipinski definition) is 10. The Balaban J connectivity index is 1.27. The second-order valence-electron chi connectivity index (χ2n) is 9.56. The second-order valence-corrected chi connectivity index (χ2v) is 10.7. The normalized spacial score (nSPS) is 16.8. The topological polar surface area (TPSA) is 133 Å². The molecule has 1 unspecified atom stereocenters. The molecule has 13 heteroatoms. The molecule has 0 radical (unpaired) electrons. The third kappa shape index (κ3) is 5.44. The Morgan fingerprint density at radius 1 is 1.34 bits per heavy atom. The number of amides is 2. The number of aromatic nitrogens is 3. The molecule has 1 saturated heterocycles. The van der Waals surface area contributed by atoms with Crippen molar-refractivity contribution in [2.24, 2.45) is 5.41 Å². The van der Waals surface area contributed by atoms with Crippen LogP contribution in [0.3, 0.4) is 0 Å². The molecular weight excluding hydrogens is 530 g/mol. The number of alkyl halides is 1. The molecule has 0 aliphatic carbocycles. The van der Waals surface area contributed by atoms with Crippen LogP contribution in [0.5, 0.6) is 5.88 Å². The van der Waals surface area contributed by atoms with Gasteiger partial charge in [0.1, 0.15) is 5.69 Å². The zero-order valence-corrected chi connectivity index (χ0v) is 22.4. The standard InChI is InChI=1S/C25H28ClN7O4S/c1-25(13-26,14-34)15-37-21-8-17-16(9-29-21)11-33(23(17)36)24-31-19(12-38-24)22(35)30-18-10-28-3-2-20(18)32-6-4-27-5-7-32/h2-3,8-10,12,27,34H,4-7,11,13-15H2,1H3,(H,30,35). The van der Waals surface area contributed by atoms with Gasteiger partial charge < -0.3 is 25.4 Å². The van der Waals surface area contributed by atoms with Crippen LogP contribution in [-0.4, -0.2) is 77.1 Å². The number of nitrogens with zero attached hydrogens (tertiary/aromatic N) is 5. The number of thiazole rings is 1. The van der Waals surface area contributed by atoms with Gasteiger partial charge in [-0.3, -0.25) is 19.5 Å². The van der Waals surface area contributed by atoms with Crippen molar-refractivity contribution in [1.29, 1.82) is 0 Å². The smallest absolute Gasteiger partial charge is 0.275 e. The van der Waals surface area contributed by atoms with Gasteiger partial charge in [-0.2, -0.15) is 0 Å². The molecule has 1 fully saturated rings. The number of pyridine rings is 2. The summed E-state index contributed by atoms with van der Waals surface area (Å²) in [6, 6.07) is 3.48. The maximum absolute atomic E-state index is 13.2. The van der Waals surface area contributed by atoms with Crippen molar-refractivity contribution in [2.45, 2.75) is 13.5 Å². The summed E-state index contributed by atoms with van der Waals surface area (Å²) in [5, 5.41) is 17.8. The highest BCUT2D eigenvalue weighted by Crippen LogP contribution is 2.33. The number of rotatable bonds is 9. The van der Waals surface area contributed by atoms with Gasteiger partial charge in [0, 0.05) is 66.9 Å². The van der Waals surface area contributed by atoms with Crippen LogP contribution < -0.4 is 25.2 Å². The van der Waals surface area contributed by atoms with Crippen molar-refractivity contribution in [2.75, 3.05) is 60.4 Å². The van der Waals surface area contributed by atoms with E-state index >= 15 is 0 Å². The first kappa shape index (κ1) is 26.3. The minimum absolute atomic E-state index is 0.133. The van der Waals surface area contributed by atoms with Crippen molar-refractivity contribution < 1.29 is 19.4 Å². The number of aliphatic hydroxyl groups excluding tert-OH is 1. The quantitative estimate of drug-likeness (QED) is 0.339. The highest BCUT2D eigenvalue weighted by molar-refractivity contribution is 7.14. The van der Waals surface area contributed by atoms with Gasteiger partial charge in [-0.15, -0.1) is 22.9 Å². The Labute approximate surface area is 228 Å². The summed E-state index contributed by atoms with van der Waals surface area (Å²) < 4.78 is 5.71. The Kier molecular flexibility index (Phi) is 7.75. The van der Waals surface area contributed by atoms with Crippen molar-refractivity contribution in [1.82, 2.24) is 20.3 Å². The van der Waals surface area contributed by atoms with Gasteiger partial charge in [-0.05, 0) is 6.07 Å². The summed E-state index contributed by atoms with van der Waals surface area (Å²) in [6.45, 7) is 5.53. The zero-order valence-electron chi connectivity index (χ0n) is 20.8. The number of anilines is 3. The summed E-state index contributed by atoms with van der Waals surface area (Å²) in [7, 11) is 0. The third-order valence-electron chi connectivity index (χ3n) is 6.50. The van der Waals surface area contributed by atoms with E-state index in [1.54, 1.807) is 37.0 Å². The molecule has 2 aliphatic heterocycles. The number of halogens is 1. The van der Waals surface area contributed by atoms with Crippen molar-refractivity contribution in [3.8, 4) is 5.88 Å². The number of piperazine rings is 1. The van der Waals surface area contributed by atoms with Gasteiger partial charge in [0.2, 0.25) is 5.88 Å². The van der Waals surface area contributed by atoms with E-state index in [-0.39, 0.29) is 42.5 Å². The Morgan fingerprint density at radius 3 is 2.92 bits per heavy atom. The number of hydrogen-bond donors (Lipinski definition) is 3. The van der Waals surface area contributed by atoms with Gasteiger partial charge in [0.05, 0.1) is 42.9 Å². The van der Waals surface area contributed by atoms with Gasteiger partial charge in [-0.25, -0.2) is 9.97 Å². The van der Waals surface area contributed by atoms with E-state index in [9.17, 15) is 14.7 Å². The van der Waals surface area contributed by atoms with Crippen LogP contribution in [0.4, 0.5) is 16.5 Å². The molecule has 3 N–H and O–H groups in total. The highest BCUT2D eigenvalue weighted by atomic mass is 35.5. The number of aliphatic hydroxyl groups is 1. The zero-order chi connectivity index (χ0) is 26.7. The van der Waals surface area contributed by atoms with Crippen molar-refractivity contribution in [3.05, 3.63) is 52.9 Å². The Bertz CT molecular complexity index is 1330. The van der Waals surface area contributed by atoms with E-state index in [2.05, 4.69) is 30.5 Å². The molecule has 0 bridgehead atoms. The van der Waals surface area contributed by atoms with Gasteiger partial charge >= 0.3 is 0 Å². The summed E-state index contributed by atoms with van der Waals surface area (Å²) in [6.07, 6.45) is 4.94. The predicted molar refractivity (Wildman–Crippen MR) is 146 cm³/mol. The van der Waals surface area contributed by atoms with E-state index in [1.807, 2.05) is 6.07 Å². The molecule has 11 nitrogen and oxygen atoms in total. The summed E-state index contributed by atoms with van der Waals surface area (Å²) >= 11 is 7.15. The Morgan fingerprint density at radius 2 is 2.16 bits per heavy atom. The highest BCUT2D eigenvalue weighted by Gasteiger charge is 2.32. The lowest BCUT2D eigenvalue weighted by Gasteiger charge is -2.30. The van der Waals surface area contributed by atoms with Gasteiger partial charge in [0.25, 0.3) is 11.8 Å². The Hall–Kier alpha value is -3.32. The average Bonchev–Trinajstić information content (AvgIpc) is 3.57. The number of nitrogens with one attached hydrogen (secondary N) is 2. The number of fused-ring (bicyclic) bond motifs is 1. The molecule has 200 valence electrons. The summed E-state index contributed by atoms with van der Waals surface area (Å²) in [5.74, 6) is -0.118. The fourth-order valence-electron chi connectivity index (χ4n) is 4.13. The van der Waals surface area contributed by atoms with Crippen LogP contribution in [-0.2, 0) is 6.54 Å². The van der Waals surface area contributed by atoms with Crippen molar-refractivity contribution in [3.63, 3.8) is 0 Å².